The van der Waals surface area contributed by atoms with Gasteiger partial charge in [-0.1, -0.05) is 68.4 Å². The zero-order chi connectivity index (χ0) is 24.4. The fourth-order valence-corrected chi connectivity index (χ4v) is 4.71. The molecule has 1 heterocycles. The Labute approximate surface area is 204 Å². The molecule has 1 saturated carbocycles. The molecule has 2 aliphatic rings. The van der Waals surface area contributed by atoms with Gasteiger partial charge in [0.2, 0.25) is 5.91 Å². The summed E-state index contributed by atoms with van der Waals surface area (Å²) < 4.78 is 5.74. The lowest BCUT2D eigenvalue weighted by atomic mass is 10.1. The van der Waals surface area contributed by atoms with Gasteiger partial charge in [0.1, 0.15) is 5.60 Å². The van der Waals surface area contributed by atoms with Crippen molar-refractivity contribution in [1.29, 1.82) is 0 Å². The van der Waals surface area contributed by atoms with E-state index in [9.17, 15) is 9.59 Å². The monoisotopic (exact) mass is 465 g/mol. The topological polar surface area (TPSA) is 70.7 Å². The van der Waals surface area contributed by atoms with Crippen LogP contribution in [0.25, 0.3) is 0 Å². The number of ether oxygens (including phenoxy) is 1. The van der Waals surface area contributed by atoms with Crippen LogP contribution < -0.4 is 10.6 Å². The fraction of sp³-hybridized carbons (Fsp3) is 0.500. The summed E-state index contributed by atoms with van der Waals surface area (Å²) in [5.41, 5.74) is 3.25. The van der Waals surface area contributed by atoms with Gasteiger partial charge in [-0.3, -0.25) is 4.79 Å². The van der Waals surface area contributed by atoms with Crippen LogP contribution in [0.5, 0.6) is 0 Å². The summed E-state index contributed by atoms with van der Waals surface area (Å²) in [5, 5.41) is 6.25. The van der Waals surface area contributed by atoms with Crippen molar-refractivity contribution in [3.63, 3.8) is 0 Å². The summed E-state index contributed by atoms with van der Waals surface area (Å²) in [7, 11) is 0. The summed E-state index contributed by atoms with van der Waals surface area (Å²) in [6, 6.07) is 18.6. The van der Waals surface area contributed by atoms with Crippen LogP contribution in [0.2, 0.25) is 0 Å². The lowest BCUT2D eigenvalue weighted by Crippen LogP contribution is -2.41. The van der Waals surface area contributed by atoms with Crippen molar-refractivity contribution in [2.45, 2.75) is 77.6 Å². The van der Waals surface area contributed by atoms with Crippen LogP contribution in [0.4, 0.5) is 4.79 Å². The highest BCUT2D eigenvalue weighted by molar-refractivity contribution is 5.79. The van der Waals surface area contributed by atoms with Gasteiger partial charge in [0, 0.05) is 32.1 Å². The number of nitrogens with one attached hydrogen (secondary N) is 2. The Bertz CT molecular complexity index is 909. The lowest BCUT2D eigenvalue weighted by Gasteiger charge is -2.25. The molecule has 1 fully saturated rings. The second kappa shape index (κ2) is 12.6. The first kappa shape index (κ1) is 25.8. The minimum absolute atomic E-state index is 0.117. The Hall–Kier alpha value is -2.86. The molecular weight excluding hydrogens is 426 g/mol. The molecule has 2 amide bonds. The van der Waals surface area contributed by atoms with Gasteiger partial charge >= 0.3 is 6.09 Å². The van der Waals surface area contributed by atoms with Gasteiger partial charge in [-0.2, -0.15) is 0 Å². The van der Waals surface area contributed by atoms with E-state index in [0.717, 1.165) is 32.1 Å². The number of hydrogen-bond donors (Lipinski definition) is 2. The van der Waals surface area contributed by atoms with Crippen LogP contribution in [-0.4, -0.2) is 41.6 Å². The molecule has 0 bridgehead atoms. The Morgan fingerprint density at radius 3 is 2.35 bits per heavy atom. The predicted octanol–water partition coefficient (Wildman–Crippen LogP) is 4.81. The van der Waals surface area contributed by atoms with Gasteiger partial charge in [0.25, 0.3) is 0 Å². The van der Waals surface area contributed by atoms with E-state index in [1.807, 2.05) is 56.0 Å². The molecule has 0 saturated heterocycles. The van der Waals surface area contributed by atoms with Crippen LogP contribution in [0.15, 0.2) is 54.6 Å². The van der Waals surface area contributed by atoms with Gasteiger partial charge in [0.05, 0.1) is 6.54 Å². The van der Waals surface area contributed by atoms with E-state index in [1.165, 1.54) is 16.7 Å². The average Bonchev–Trinajstić information content (AvgIpc) is 3.46. The molecular formula is C28H39N3O3. The maximum Gasteiger partial charge on any atom is 0.407 e. The summed E-state index contributed by atoms with van der Waals surface area (Å²) in [4.78, 5) is 26.8. The van der Waals surface area contributed by atoms with Crippen LogP contribution in [0.3, 0.4) is 0 Å². The van der Waals surface area contributed by atoms with E-state index in [1.54, 1.807) is 0 Å². The molecule has 0 radical (unpaired) electrons. The molecule has 4 rings (SSSR count). The number of alkyl carbamates (subject to hydrolysis) is 1. The molecule has 6 heteroatoms. The number of carbonyl (C=O) groups is 2. The van der Waals surface area contributed by atoms with Gasteiger partial charge in [-0.15, -0.1) is 0 Å². The Balaban J connectivity index is 0.00000158. The third-order valence-electron chi connectivity index (χ3n) is 6.53. The highest BCUT2D eigenvalue weighted by Gasteiger charge is 2.38. The molecule has 6 nitrogen and oxygen atoms in total. The molecule has 1 aliphatic carbocycles. The average molecular weight is 466 g/mol. The molecule has 1 aliphatic heterocycles. The Kier molecular flexibility index (Phi) is 9.52. The normalized spacial score (nSPS) is 20.8. The molecule has 2 unspecified atom stereocenters. The molecule has 2 N–H and O–H groups in total. The van der Waals surface area contributed by atoms with Crippen molar-refractivity contribution in [2.24, 2.45) is 0 Å². The van der Waals surface area contributed by atoms with E-state index in [0.29, 0.717) is 26.2 Å². The summed E-state index contributed by atoms with van der Waals surface area (Å²) in [6.45, 7) is 8.27. The second-order valence-corrected chi connectivity index (χ2v) is 9.19. The molecule has 0 spiro atoms. The van der Waals surface area contributed by atoms with Crippen LogP contribution in [-0.2, 0) is 29.0 Å². The van der Waals surface area contributed by atoms with Crippen molar-refractivity contribution in [1.82, 2.24) is 15.5 Å². The molecule has 34 heavy (non-hydrogen) atoms. The quantitative estimate of drug-likeness (QED) is 0.549. The minimum atomic E-state index is -0.492. The first-order valence-electron chi connectivity index (χ1n) is 12.6. The number of amides is 2. The lowest BCUT2D eigenvalue weighted by molar-refractivity contribution is -0.131. The smallest absolute Gasteiger partial charge is 0.407 e. The van der Waals surface area contributed by atoms with E-state index in [2.05, 4.69) is 34.9 Å². The van der Waals surface area contributed by atoms with Gasteiger partial charge in [0.15, 0.2) is 0 Å². The highest BCUT2D eigenvalue weighted by atomic mass is 16.6. The zero-order valence-corrected chi connectivity index (χ0v) is 20.8. The summed E-state index contributed by atoms with van der Waals surface area (Å²) in [5.74, 6) is 0.117. The largest absolute Gasteiger partial charge is 0.443 e. The number of hydrogen-bond acceptors (Lipinski definition) is 4. The maximum atomic E-state index is 12.6. The standard InChI is InChI=1S/C26H33N3O3.C2H6/c1-26(32-25(31)27-15-7-10-20-8-3-2-4-9-20)14-13-23(16-26)28-17-24(30)29-18-21-11-5-6-12-22(21)19-29;1-2/h2-6,8-9,11-12,23,28H,7,10,13-19H2,1H3,(H,27,31);1-2H3. The van der Waals surface area contributed by atoms with Crippen molar-refractivity contribution >= 4 is 12.0 Å². The number of carbonyl (C=O) groups excluding carboxylic acids is 2. The van der Waals surface area contributed by atoms with Gasteiger partial charge in [-0.25, -0.2) is 4.79 Å². The Morgan fingerprint density at radius 2 is 1.68 bits per heavy atom. The predicted molar refractivity (Wildman–Crippen MR) is 135 cm³/mol. The minimum Gasteiger partial charge on any atom is -0.443 e. The fourth-order valence-electron chi connectivity index (χ4n) is 4.71. The van der Waals surface area contributed by atoms with Crippen molar-refractivity contribution < 1.29 is 14.3 Å². The van der Waals surface area contributed by atoms with Gasteiger partial charge < -0.3 is 20.3 Å². The van der Waals surface area contributed by atoms with Crippen molar-refractivity contribution in [3.8, 4) is 0 Å². The van der Waals surface area contributed by atoms with E-state index in [4.69, 9.17) is 4.74 Å². The number of aryl methyl sites for hydroxylation is 1. The number of rotatable bonds is 8. The van der Waals surface area contributed by atoms with E-state index < -0.39 is 5.60 Å². The SMILES string of the molecule is CC.CC1(OC(=O)NCCCc2ccccc2)CCC(NCC(=O)N2Cc3ccccc3C2)C1. The van der Waals surface area contributed by atoms with Crippen LogP contribution in [0, 0.1) is 0 Å². The van der Waals surface area contributed by atoms with E-state index in [-0.39, 0.29) is 18.0 Å². The zero-order valence-electron chi connectivity index (χ0n) is 20.8. The molecule has 0 aromatic heterocycles. The number of nitrogens with zero attached hydrogens (tertiary/aromatic N) is 1. The van der Waals surface area contributed by atoms with Crippen LogP contribution >= 0.6 is 0 Å². The van der Waals surface area contributed by atoms with Crippen molar-refractivity contribution in [3.05, 3.63) is 71.3 Å². The third kappa shape index (κ3) is 7.32. The van der Waals surface area contributed by atoms with Crippen molar-refractivity contribution in [2.75, 3.05) is 13.1 Å². The Morgan fingerprint density at radius 1 is 1.03 bits per heavy atom. The second-order valence-electron chi connectivity index (χ2n) is 9.19. The third-order valence-corrected chi connectivity index (χ3v) is 6.53. The molecule has 2 aromatic carbocycles. The molecule has 2 atom stereocenters. The molecule has 2 aromatic rings. The summed E-state index contributed by atoms with van der Waals surface area (Å²) in [6.07, 6.45) is 3.87. The number of benzene rings is 2. The number of fused-ring (bicyclic) bond motifs is 1. The van der Waals surface area contributed by atoms with E-state index >= 15 is 0 Å². The van der Waals surface area contributed by atoms with Gasteiger partial charge in [-0.05, 0) is 49.3 Å². The van der Waals surface area contributed by atoms with Crippen LogP contribution in [0.1, 0.15) is 63.1 Å². The highest BCUT2D eigenvalue weighted by Crippen LogP contribution is 2.33. The summed E-state index contributed by atoms with van der Waals surface area (Å²) >= 11 is 0. The first-order chi connectivity index (χ1) is 16.5. The molecule has 184 valence electrons. The first-order valence-corrected chi connectivity index (χ1v) is 12.6. The maximum absolute atomic E-state index is 12.6.